The second-order valence-electron chi connectivity index (χ2n) is 7.14. The van der Waals surface area contributed by atoms with E-state index in [1.54, 1.807) is 6.08 Å². The average molecular weight is 400 g/mol. The van der Waals surface area contributed by atoms with E-state index >= 15 is 0 Å². The summed E-state index contributed by atoms with van der Waals surface area (Å²) in [7, 11) is 5.21. The maximum absolute atomic E-state index is 12.5. The minimum absolute atomic E-state index is 0.0277. The molecule has 3 unspecified atom stereocenters. The first-order valence-electron chi connectivity index (χ1n) is 8.94. The second-order valence-corrected chi connectivity index (χ2v) is 7.98. The normalized spacial score (nSPS) is 22.2. The van der Waals surface area contributed by atoms with E-state index < -0.39 is 5.72 Å². The molecule has 2 aromatic carbocycles. The summed E-state index contributed by atoms with van der Waals surface area (Å²) in [6.45, 7) is 4.07. The second kappa shape index (κ2) is 8.63. The Balaban J connectivity index is 1.73. The summed E-state index contributed by atoms with van der Waals surface area (Å²) in [5, 5.41) is 3.00. The fraction of sp³-hybridized carbons (Fsp3) is 0.286. The molecule has 0 amide bonds. The summed E-state index contributed by atoms with van der Waals surface area (Å²) in [5.41, 5.74) is 2.68. The molecular formula is C21H26N2O2P2. The van der Waals surface area contributed by atoms with Gasteiger partial charge >= 0.3 is 0 Å². The third-order valence-corrected chi connectivity index (χ3v) is 6.07. The molecular weight excluding hydrogens is 374 g/mol. The Kier molecular flexibility index (Phi) is 6.44. The van der Waals surface area contributed by atoms with Gasteiger partial charge in [0.15, 0.2) is 5.78 Å². The Labute approximate surface area is 165 Å². The van der Waals surface area contributed by atoms with Crippen LogP contribution in [0.5, 0.6) is 0 Å². The van der Waals surface area contributed by atoms with Crippen molar-refractivity contribution in [3.63, 3.8) is 0 Å². The molecule has 0 saturated carbocycles. The van der Waals surface area contributed by atoms with Crippen LogP contribution in [0.4, 0.5) is 5.69 Å². The number of carbonyl (C=O) groups is 1. The number of anilines is 1. The number of rotatable bonds is 6. The van der Waals surface area contributed by atoms with Crippen molar-refractivity contribution >= 4 is 30.3 Å². The summed E-state index contributed by atoms with van der Waals surface area (Å²) in [4.78, 5) is 12.5. The van der Waals surface area contributed by atoms with Gasteiger partial charge in [-0.2, -0.15) is 0 Å². The number of hydrogen-bond donors (Lipinski definition) is 1. The van der Waals surface area contributed by atoms with Crippen LogP contribution < -0.4 is 5.09 Å². The maximum atomic E-state index is 12.5. The van der Waals surface area contributed by atoms with Crippen molar-refractivity contribution < 1.29 is 9.53 Å². The lowest BCUT2D eigenvalue weighted by Gasteiger charge is -2.27. The highest BCUT2D eigenvalue weighted by Crippen LogP contribution is 2.43. The smallest absolute Gasteiger partial charge is 0.159 e. The highest BCUT2D eigenvalue weighted by atomic mass is 31.0. The lowest BCUT2D eigenvalue weighted by molar-refractivity contribution is -0.114. The summed E-state index contributed by atoms with van der Waals surface area (Å²) in [6, 6.07) is 18.0. The van der Waals surface area contributed by atoms with Crippen LogP contribution in [-0.2, 0) is 16.0 Å². The molecule has 0 radical (unpaired) electrons. The topological polar surface area (TPSA) is 41.6 Å². The molecule has 1 heterocycles. The van der Waals surface area contributed by atoms with Gasteiger partial charge in [0.05, 0.1) is 6.04 Å². The van der Waals surface area contributed by atoms with Gasteiger partial charge in [0.25, 0.3) is 0 Å². The van der Waals surface area contributed by atoms with Gasteiger partial charge in [0.2, 0.25) is 0 Å². The van der Waals surface area contributed by atoms with Gasteiger partial charge in [0.1, 0.15) is 11.8 Å². The van der Waals surface area contributed by atoms with Crippen molar-refractivity contribution in [2.45, 2.75) is 38.1 Å². The molecule has 1 saturated heterocycles. The van der Waals surface area contributed by atoms with E-state index in [1.165, 1.54) is 0 Å². The van der Waals surface area contributed by atoms with Gasteiger partial charge in [-0.1, -0.05) is 57.9 Å². The average Bonchev–Trinajstić information content (AvgIpc) is 2.91. The van der Waals surface area contributed by atoms with Crippen LogP contribution in [0.2, 0.25) is 0 Å². The third kappa shape index (κ3) is 4.83. The summed E-state index contributed by atoms with van der Waals surface area (Å²) >= 11 is 0. The predicted octanol–water partition coefficient (Wildman–Crippen LogP) is 4.52. The zero-order valence-electron chi connectivity index (χ0n) is 15.6. The summed E-state index contributed by atoms with van der Waals surface area (Å²) in [5.74, 6) is 0.0801. The number of nitrogens with zero attached hydrogens (tertiary/aromatic N) is 1. The fourth-order valence-electron chi connectivity index (χ4n) is 3.23. The molecule has 2 aromatic rings. The van der Waals surface area contributed by atoms with Crippen molar-refractivity contribution in [2.24, 2.45) is 0 Å². The van der Waals surface area contributed by atoms with Crippen LogP contribution in [0.15, 0.2) is 66.7 Å². The standard InChI is InChI=1S/C21H26N2O2P2/c1-21(2)23(27)19(20(25-21)16-6-4-3-5-7-16)13-12-18(24)14-15-8-10-17(22-26)11-9-15/h3-13,19-20,22H,14,26-27H2,1-2H3/b13-12+/t19-,20?/m1/s1. The van der Waals surface area contributed by atoms with E-state index in [4.69, 9.17) is 4.74 Å². The molecule has 0 aromatic heterocycles. The van der Waals surface area contributed by atoms with Crippen LogP contribution in [0, 0.1) is 0 Å². The Morgan fingerprint density at radius 1 is 1.19 bits per heavy atom. The Bertz CT molecular complexity index is 807. The first kappa shape index (κ1) is 20.2. The van der Waals surface area contributed by atoms with Crippen molar-refractivity contribution in [1.82, 2.24) is 4.67 Å². The number of allylic oxidation sites excluding steroid dienone is 1. The number of hydrogen-bond acceptors (Lipinski definition) is 4. The molecule has 1 aliphatic heterocycles. The largest absolute Gasteiger partial charge is 0.369 e. The minimum Gasteiger partial charge on any atom is -0.369 e. The van der Waals surface area contributed by atoms with E-state index in [0.717, 1.165) is 16.8 Å². The monoisotopic (exact) mass is 400 g/mol. The molecule has 3 rings (SSSR count). The van der Waals surface area contributed by atoms with Gasteiger partial charge in [-0.15, -0.1) is 0 Å². The molecule has 6 heteroatoms. The third-order valence-electron chi connectivity index (χ3n) is 4.77. The van der Waals surface area contributed by atoms with Crippen LogP contribution in [0.25, 0.3) is 0 Å². The maximum Gasteiger partial charge on any atom is 0.159 e. The first-order valence-corrected chi connectivity index (χ1v) is 10.0. The number of ether oxygens (including phenoxy) is 1. The van der Waals surface area contributed by atoms with E-state index in [1.807, 2.05) is 62.4 Å². The fourth-order valence-corrected chi connectivity index (χ4v) is 3.74. The van der Waals surface area contributed by atoms with E-state index in [2.05, 4.69) is 40.7 Å². The molecule has 4 nitrogen and oxygen atoms in total. The zero-order valence-corrected chi connectivity index (χ0v) is 17.9. The number of ketones is 1. The number of benzene rings is 2. The Hall–Kier alpha value is -1.57. The lowest BCUT2D eigenvalue weighted by Crippen LogP contribution is -2.35. The summed E-state index contributed by atoms with van der Waals surface area (Å²) < 4.78 is 8.36. The van der Waals surface area contributed by atoms with Crippen molar-refractivity contribution in [3.8, 4) is 0 Å². The molecule has 4 atom stereocenters. The predicted molar refractivity (Wildman–Crippen MR) is 117 cm³/mol. The quantitative estimate of drug-likeness (QED) is 0.572. The van der Waals surface area contributed by atoms with Crippen molar-refractivity contribution in [2.75, 3.05) is 5.09 Å². The number of nitrogens with one attached hydrogen (secondary N) is 1. The van der Waals surface area contributed by atoms with Crippen LogP contribution in [0.1, 0.15) is 31.1 Å². The molecule has 1 N–H and O–H groups in total. The molecule has 0 spiro atoms. The van der Waals surface area contributed by atoms with Crippen LogP contribution in [-0.4, -0.2) is 22.2 Å². The first-order chi connectivity index (χ1) is 12.9. The molecule has 0 aliphatic carbocycles. The molecule has 1 aliphatic rings. The molecule has 142 valence electrons. The Morgan fingerprint density at radius 2 is 1.85 bits per heavy atom. The molecule has 1 fully saturated rings. The van der Waals surface area contributed by atoms with E-state index in [0.29, 0.717) is 6.42 Å². The van der Waals surface area contributed by atoms with Crippen molar-refractivity contribution in [3.05, 3.63) is 77.9 Å². The van der Waals surface area contributed by atoms with Gasteiger partial charge < -0.3 is 9.82 Å². The van der Waals surface area contributed by atoms with Gasteiger partial charge in [0, 0.05) is 12.1 Å². The van der Waals surface area contributed by atoms with Crippen LogP contribution in [0.3, 0.4) is 0 Å². The van der Waals surface area contributed by atoms with E-state index in [-0.39, 0.29) is 17.9 Å². The molecule has 0 bridgehead atoms. The van der Waals surface area contributed by atoms with E-state index in [9.17, 15) is 4.79 Å². The van der Waals surface area contributed by atoms with Gasteiger partial charge in [-0.25, -0.2) is 0 Å². The minimum atomic E-state index is -0.426. The van der Waals surface area contributed by atoms with Gasteiger partial charge in [-0.05, 0) is 52.6 Å². The number of carbonyl (C=O) groups excluding carboxylic acids is 1. The van der Waals surface area contributed by atoms with Crippen molar-refractivity contribution in [1.29, 1.82) is 0 Å². The summed E-state index contributed by atoms with van der Waals surface area (Å²) in [6.07, 6.45) is 3.91. The molecule has 27 heavy (non-hydrogen) atoms. The highest BCUT2D eigenvalue weighted by Gasteiger charge is 2.44. The zero-order chi connectivity index (χ0) is 19.4. The highest BCUT2D eigenvalue weighted by molar-refractivity contribution is 7.18. The Morgan fingerprint density at radius 3 is 2.48 bits per heavy atom. The lowest BCUT2D eigenvalue weighted by atomic mass is 10.0. The SMILES string of the molecule is CC1(C)OC(c2ccccc2)[C@@H](/C=C/C(=O)Cc2ccc(NP)cc2)N1P. The van der Waals surface area contributed by atoms with Crippen LogP contribution >= 0.6 is 18.8 Å². The van der Waals surface area contributed by atoms with Gasteiger partial charge in [-0.3, -0.25) is 9.46 Å².